The number of rotatable bonds is 10. The summed E-state index contributed by atoms with van der Waals surface area (Å²) in [6.45, 7) is 1.77. The van der Waals surface area contributed by atoms with Crippen molar-refractivity contribution in [3.63, 3.8) is 0 Å². The van der Waals surface area contributed by atoms with Crippen LogP contribution in [0.2, 0.25) is 0 Å². The first kappa shape index (κ1) is 41.5. The lowest BCUT2D eigenvalue weighted by molar-refractivity contribution is -0.139. The molecule has 0 amide bonds. The van der Waals surface area contributed by atoms with E-state index in [9.17, 15) is 14.4 Å². The Hall–Kier alpha value is -5.70. The SMILES string of the molecule is C.CNc1nc(C)ncc1C=O.COC(=O)Cc1cc(OC)cc(OC)c1.COc1cc(OC)cc(-c2cc3cnc(SC)nc3n(C)c2=O)c1. The second-order valence-corrected chi connectivity index (χ2v) is 11.0. The highest BCUT2D eigenvalue weighted by Gasteiger charge is 2.13. The van der Waals surface area contributed by atoms with Crippen LogP contribution in [0.3, 0.4) is 0 Å². The van der Waals surface area contributed by atoms with Crippen LogP contribution < -0.4 is 29.8 Å². The molecule has 3 heterocycles. The third kappa shape index (κ3) is 11.2. The molecule has 3 aromatic heterocycles. The van der Waals surface area contributed by atoms with Crippen molar-refractivity contribution in [3.05, 3.63) is 82.2 Å². The van der Waals surface area contributed by atoms with E-state index in [0.717, 1.165) is 22.8 Å². The number of methoxy groups -OCH3 is 5. The summed E-state index contributed by atoms with van der Waals surface area (Å²) in [6, 6.07) is 12.5. The van der Waals surface area contributed by atoms with Gasteiger partial charge in [-0.2, -0.15) is 0 Å². The number of aryl methyl sites for hydroxylation is 2. The number of fused-ring (bicyclic) bond motifs is 1. The summed E-state index contributed by atoms with van der Waals surface area (Å²) < 4.78 is 26.9. The molecule has 0 bridgehead atoms. The standard InChI is InChI=1S/C17H17N3O3S.C11H14O4.C7H9N3O.CH4/c1-20-15-11(9-18-17(19-15)24-4)7-14(16(20)21)10-5-12(22-2)8-13(6-10)23-3;1-13-9-4-8(6-11(12)15-3)5-10(7-9)14-2;1-5-9-3-6(4-11)7(8-2)10-5;/h5-9H,1-4H3;4-5,7H,6H2,1-3H3;3-4H,1-2H3,(H,8,9,10);1H4. The minimum Gasteiger partial charge on any atom is -0.497 e. The minimum atomic E-state index is -0.287. The number of carbonyl (C=O) groups excluding carboxylic acids is 2. The van der Waals surface area contributed by atoms with Gasteiger partial charge in [-0.15, -0.1) is 0 Å². The van der Waals surface area contributed by atoms with Crippen molar-refractivity contribution in [3.8, 4) is 34.1 Å². The van der Waals surface area contributed by atoms with E-state index in [1.807, 2.05) is 18.4 Å². The summed E-state index contributed by atoms with van der Waals surface area (Å²) in [4.78, 5) is 50.8. The van der Waals surface area contributed by atoms with E-state index in [2.05, 4.69) is 30.0 Å². The highest BCUT2D eigenvalue weighted by Crippen LogP contribution is 2.29. The molecule has 5 rings (SSSR count). The van der Waals surface area contributed by atoms with Crippen LogP contribution in [0.5, 0.6) is 23.0 Å². The van der Waals surface area contributed by atoms with Crippen LogP contribution in [0.4, 0.5) is 5.82 Å². The average molecular weight is 721 g/mol. The third-order valence-electron chi connectivity index (χ3n) is 7.06. The van der Waals surface area contributed by atoms with Gasteiger partial charge in [0.05, 0.1) is 47.5 Å². The van der Waals surface area contributed by atoms with Gasteiger partial charge in [0, 0.05) is 49.6 Å². The summed E-state index contributed by atoms with van der Waals surface area (Å²) in [5.41, 5.74) is 3.03. The first-order chi connectivity index (χ1) is 24.0. The van der Waals surface area contributed by atoms with E-state index in [1.165, 1.54) is 29.6 Å². The number of hydrogen-bond acceptors (Lipinski definition) is 14. The van der Waals surface area contributed by atoms with Crippen LogP contribution in [-0.4, -0.2) is 85.6 Å². The summed E-state index contributed by atoms with van der Waals surface area (Å²) in [5.74, 6) is 3.51. The molecule has 272 valence electrons. The number of hydrogen-bond donors (Lipinski definition) is 1. The van der Waals surface area contributed by atoms with Gasteiger partial charge in [0.25, 0.3) is 5.56 Å². The number of benzene rings is 2. The van der Waals surface area contributed by atoms with E-state index in [4.69, 9.17) is 18.9 Å². The summed E-state index contributed by atoms with van der Waals surface area (Å²) in [7, 11) is 11.1. The topological polar surface area (TPSA) is 166 Å². The third-order valence-corrected chi connectivity index (χ3v) is 7.62. The maximum absolute atomic E-state index is 12.8. The zero-order valence-electron chi connectivity index (χ0n) is 29.4. The van der Waals surface area contributed by atoms with Gasteiger partial charge in [0.2, 0.25) is 0 Å². The number of nitrogens with one attached hydrogen (secondary N) is 1. The van der Waals surface area contributed by atoms with Crippen molar-refractivity contribution in [2.45, 2.75) is 25.9 Å². The molecule has 0 saturated carbocycles. The molecule has 0 atom stereocenters. The van der Waals surface area contributed by atoms with Gasteiger partial charge in [-0.3, -0.25) is 19.0 Å². The normalized spacial score (nSPS) is 9.90. The lowest BCUT2D eigenvalue weighted by atomic mass is 10.1. The number of aromatic nitrogens is 5. The molecule has 0 unspecified atom stereocenters. The van der Waals surface area contributed by atoms with E-state index in [1.54, 1.807) is 86.0 Å². The van der Waals surface area contributed by atoms with Crippen molar-refractivity contribution in [2.75, 3.05) is 54.2 Å². The van der Waals surface area contributed by atoms with Crippen LogP contribution in [-0.2, 0) is 23.0 Å². The molecule has 0 spiro atoms. The molecule has 1 N–H and O–H groups in total. The quantitative estimate of drug-likeness (QED) is 0.0840. The number of thioether (sulfide) groups is 1. The first-order valence-electron chi connectivity index (χ1n) is 14.9. The Bertz CT molecular complexity index is 1960. The monoisotopic (exact) mass is 720 g/mol. The van der Waals surface area contributed by atoms with Crippen LogP contribution in [0, 0.1) is 6.92 Å². The molecule has 0 fully saturated rings. The number of aldehydes is 1. The van der Waals surface area contributed by atoms with E-state index in [-0.39, 0.29) is 25.4 Å². The Balaban J connectivity index is 0.000000287. The number of esters is 1. The Labute approximate surface area is 301 Å². The van der Waals surface area contributed by atoms with Crippen molar-refractivity contribution < 1.29 is 33.3 Å². The van der Waals surface area contributed by atoms with Crippen molar-refractivity contribution in [1.29, 1.82) is 0 Å². The molecular weight excluding hydrogens is 676 g/mol. The zero-order valence-corrected chi connectivity index (χ0v) is 30.2. The number of carbonyl (C=O) groups is 2. The van der Waals surface area contributed by atoms with Crippen molar-refractivity contribution >= 4 is 40.9 Å². The van der Waals surface area contributed by atoms with Gasteiger partial charge in [-0.1, -0.05) is 19.2 Å². The largest absolute Gasteiger partial charge is 0.497 e. The van der Waals surface area contributed by atoms with E-state index < -0.39 is 0 Å². The average Bonchev–Trinajstić information content (AvgIpc) is 3.15. The highest BCUT2D eigenvalue weighted by atomic mass is 32.2. The fraction of sp³-hybridized carbons (Fsp3) is 0.306. The number of pyridine rings is 1. The Morgan fingerprint density at radius 2 is 1.43 bits per heavy atom. The van der Waals surface area contributed by atoms with Gasteiger partial charge >= 0.3 is 5.97 Å². The predicted octanol–water partition coefficient (Wildman–Crippen LogP) is 5.43. The second-order valence-electron chi connectivity index (χ2n) is 10.2. The van der Waals surface area contributed by atoms with Gasteiger partial charge in [0.15, 0.2) is 11.4 Å². The Morgan fingerprint density at radius 1 is 0.863 bits per heavy atom. The molecule has 0 radical (unpaired) electrons. The van der Waals surface area contributed by atoms with Crippen molar-refractivity contribution in [1.82, 2.24) is 24.5 Å². The molecular formula is C36H44N6O8S. The van der Waals surface area contributed by atoms with Crippen LogP contribution >= 0.6 is 11.8 Å². The lowest BCUT2D eigenvalue weighted by Crippen LogP contribution is -2.20. The smallest absolute Gasteiger partial charge is 0.309 e. The molecule has 0 saturated heterocycles. The van der Waals surface area contributed by atoms with E-state index >= 15 is 0 Å². The van der Waals surface area contributed by atoms with Crippen LogP contribution in [0.15, 0.2) is 64.8 Å². The maximum Gasteiger partial charge on any atom is 0.309 e. The molecule has 0 aliphatic carbocycles. The molecule has 51 heavy (non-hydrogen) atoms. The predicted molar refractivity (Wildman–Crippen MR) is 199 cm³/mol. The number of nitrogens with zero attached hydrogens (tertiary/aromatic N) is 5. The molecule has 14 nitrogen and oxygen atoms in total. The number of anilines is 1. The summed E-state index contributed by atoms with van der Waals surface area (Å²) in [5, 5.41) is 4.24. The van der Waals surface area contributed by atoms with Crippen LogP contribution in [0.25, 0.3) is 22.2 Å². The van der Waals surface area contributed by atoms with Crippen LogP contribution in [0.1, 0.15) is 29.2 Å². The molecule has 15 heteroatoms. The second kappa shape index (κ2) is 20.1. The highest BCUT2D eigenvalue weighted by molar-refractivity contribution is 7.98. The first-order valence-corrected chi connectivity index (χ1v) is 16.2. The van der Waals surface area contributed by atoms with Gasteiger partial charge in [-0.25, -0.2) is 19.9 Å². The Kier molecular flexibility index (Phi) is 16.3. The van der Waals surface area contributed by atoms with Crippen molar-refractivity contribution in [2.24, 2.45) is 7.05 Å². The lowest BCUT2D eigenvalue weighted by Gasteiger charge is -2.11. The maximum atomic E-state index is 12.8. The summed E-state index contributed by atoms with van der Waals surface area (Å²) in [6.07, 6.45) is 6.07. The van der Waals surface area contributed by atoms with Gasteiger partial charge in [-0.05, 0) is 54.6 Å². The molecule has 0 aliphatic heterocycles. The zero-order chi connectivity index (χ0) is 36.8. The molecule has 0 aliphatic rings. The van der Waals surface area contributed by atoms with E-state index in [0.29, 0.717) is 56.6 Å². The van der Waals surface area contributed by atoms with Gasteiger partial charge < -0.3 is 29.0 Å². The Morgan fingerprint density at radius 3 is 1.92 bits per heavy atom. The summed E-state index contributed by atoms with van der Waals surface area (Å²) >= 11 is 1.44. The fourth-order valence-corrected chi connectivity index (χ4v) is 4.81. The molecule has 5 aromatic rings. The molecule has 2 aromatic carbocycles. The minimum absolute atomic E-state index is 0. The number of ether oxygens (including phenoxy) is 5. The van der Waals surface area contributed by atoms with Gasteiger partial charge in [0.1, 0.15) is 40.3 Å². The fourth-order valence-electron chi connectivity index (χ4n) is 4.47.